The largest absolute Gasteiger partial charge is 0.313 e. The van der Waals surface area contributed by atoms with E-state index in [4.69, 9.17) is 0 Å². The van der Waals surface area contributed by atoms with E-state index in [0.29, 0.717) is 6.54 Å². The third-order valence-electron chi connectivity index (χ3n) is 3.94. The summed E-state index contributed by atoms with van der Waals surface area (Å²) in [6.45, 7) is 3.40. The molecule has 3 rings (SSSR count). The second-order valence-corrected chi connectivity index (χ2v) is 5.23. The molecule has 1 aromatic heterocycles. The molecule has 2 aromatic rings. The minimum absolute atomic E-state index is 0.151. The van der Waals surface area contributed by atoms with E-state index in [-0.39, 0.29) is 5.82 Å². The summed E-state index contributed by atoms with van der Waals surface area (Å²) in [5.74, 6) is -0.151. The number of aromatic nitrogens is 2. The van der Waals surface area contributed by atoms with Crippen molar-refractivity contribution in [3.05, 3.63) is 47.3 Å². The molecule has 0 saturated heterocycles. The molecule has 1 N–H and O–H groups in total. The third kappa shape index (κ3) is 2.36. The molecule has 1 aromatic carbocycles. The number of rotatable bonds is 4. The maximum Gasteiger partial charge on any atom is 0.129 e. The van der Waals surface area contributed by atoms with Crippen molar-refractivity contribution < 1.29 is 4.39 Å². The van der Waals surface area contributed by atoms with E-state index in [1.165, 1.54) is 30.3 Å². The molecule has 0 radical (unpaired) electrons. The summed E-state index contributed by atoms with van der Waals surface area (Å²) in [6, 6.07) is 5.28. The second-order valence-electron chi connectivity index (χ2n) is 5.23. The van der Waals surface area contributed by atoms with Crippen LogP contribution in [0.5, 0.6) is 0 Å². The van der Waals surface area contributed by atoms with Crippen LogP contribution in [-0.4, -0.2) is 16.1 Å². The van der Waals surface area contributed by atoms with E-state index in [1.54, 1.807) is 6.07 Å². The van der Waals surface area contributed by atoms with Crippen LogP contribution in [0.4, 0.5) is 4.39 Å². The Labute approximate surface area is 118 Å². The number of halogens is 1. The lowest BCUT2D eigenvalue weighted by atomic mass is 10.0. The van der Waals surface area contributed by atoms with Gasteiger partial charge in [-0.15, -0.1) is 0 Å². The van der Waals surface area contributed by atoms with Gasteiger partial charge in [0, 0.05) is 17.8 Å². The van der Waals surface area contributed by atoms with Crippen LogP contribution < -0.4 is 5.32 Å². The summed E-state index contributed by atoms with van der Waals surface area (Å²) >= 11 is 0. The van der Waals surface area contributed by atoms with E-state index < -0.39 is 0 Å². The Hall–Kier alpha value is -1.68. The molecule has 0 fully saturated rings. The van der Waals surface area contributed by atoms with Crippen molar-refractivity contribution >= 4 is 0 Å². The molecule has 0 atom stereocenters. The first-order valence-corrected chi connectivity index (χ1v) is 7.35. The molecule has 3 nitrogen and oxygen atoms in total. The predicted molar refractivity (Wildman–Crippen MR) is 77.5 cm³/mol. The fourth-order valence-electron chi connectivity index (χ4n) is 2.87. The number of nitrogens with one attached hydrogen (secondary N) is 1. The van der Waals surface area contributed by atoms with E-state index in [2.05, 4.69) is 14.9 Å². The standard InChI is InChI=1S/C16H20FN3/c1-2-18-10-12-13(17)6-5-9-15(12)20-11-19-14-7-3-4-8-16(14)20/h5-6,9,11,18H,2-4,7-8,10H2,1H3. The van der Waals surface area contributed by atoms with Gasteiger partial charge >= 0.3 is 0 Å². The van der Waals surface area contributed by atoms with Crippen molar-refractivity contribution in [1.29, 1.82) is 0 Å². The molecule has 20 heavy (non-hydrogen) atoms. The maximum atomic E-state index is 14.1. The number of hydrogen-bond donors (Lipinski definition) is 1. The van der Waals surface area contributed by atoms with Gasteiger partial charge in [-0.05, 0) is 44.4 Å². The zero-order valence-electron chi connectivity index (χ0n) is 11.8. The molecule has 0 unspecified atom stereocenters. The van der Waals surface area contributed by atoms with E-state index >= 15 is 0 Å². The van der Waals surface area contributed by atoms with Gasteiger partial charge in [-0.3, -0.25) is 0 Å². The third-order valence-corrected chi connectivity index (χ3v) is 3.94. The molecule has 0 bridgehead atoms. The lowest BCUT2D eigenvalue weighted by Gasteiger charge is -2.17. The summed E-state index contributed by atoms with van der Waals surface area (Å²) in [4.78, 5) is 4.50. The number of imidazole rings is 1. The van der Waals surface area contributed by atoms with E-state index in [9.17, 15) is 4.39 Å². The highest BCUT2D eigenvalue weighted by Gasteiger charge is 2.18. The zero-order chi connectivity index (χ0) is 13.9. The van der Waals surface area contributed by atoms with Gasteiger partial charge in [0.15, 0.2) is 0 Å². The first-order valence-electron chi connectivity index (χ1n) is 7.35. The summed E-state index contributed by atoms with van der Waals surface area (Å²) in [5, 5.41) is 3.21. The molecule has 0 aliphatic heterocycles. The monoisotopic (exact) mass is 273 g/mol. The highest BCUT2D eigenvalue weighted by atomic mass is 19.1. The van der Waals surface area contributed by atoms with Gasteiger partial charge in [-0.1, -0.05) is 13.0 Å². The van der Waals surface area contributed by atoms with Gasteiger partial charge in [0.2, 0.25) is 0 Å². The van der Waals surface area contributed by atoms with Crippen LogP contribution in [-0.2, 0) is 19.4 Å². The van der Waals surface area contributed by atoms with Crippen molar-refractivity contribution in [2.45, 2.75) is 39.2 Å². The maximum absolute atomic E-state index is 14.1. The Balaban J connectivity index is 2.05. The van der Waals surface area contributed by atoms with Crippen molar-refractivity contribution in [2.24, 2.45) is 0 Å². The lowest BCUT2D eigenvalue weighted by molar-refractivity contribution is 0.589. The van der Waals surface area contributed by atoms with Gasteiger partial charge in [0.1, 0.15) is 5.82 Å². The summed E-state index contributed by atoms with van der Waals surface area (Å²) < 4.78 is 16.2. The molecule has 0 spiro atoms. The zero-order valence-corrected chi connectivity index (χ0v) is 11.8. The number of aryl methyl sites for hydroxylation is 1. The Morgan fingerprint density at radius 2 is 2.15 bits per heavy atom. The van der Waals surface area contributed by atoms with Crippen LogP contribution in [0.3, 0.4) is 0 Å². The first-order chi connectivity index (χ1) is 9.81. The molecule has 106 valence electrons. The Bertz CT molecular complexity index is 604. The highest BCUT2D eigenvalue weighted by Crippen LogP contribution is 2.26. The predicted octanol–water partition coefficient (Wildman–Crippen LogP) is 3.00. The van der Waals surface area contributed by atoms with Crippen molar-refractivity contribution in [1.82, 2.24) is 14.9 Å². The van der Waals surface area contributed by atoms with Crippen LogP contribution >= 0.6 is 0 Å². The summed E-state index contributed by atoms with van der Waals surface area (Å²) in [5.41, 5.74) is 4.07. The van der Waals surface area contributed by atoms with Crippen LogP contribution in [0.1, 0.15) is 36.7 Å². The number of hydrogen-bond acceptors (Lipinski definition) is 2. The van der Waals surface area contributed by atoms with Crippen LogP contribution in [0.15, 0.2) is 24.5 Å². The molecule has 4 heteroatoms. The smallest absolute Gasteiger partial charge is 0.129 e. The summed E-state index contributed by atoms with van der Waals surface area (Å²) in [7, 11) is 0. The van der Waals surface area contributed by atoms with Crippen LogP contribution in [0.2, 0.25) is 0 Å². The highest BCUT2D eigenvalue weighted by molar-refractivity contribution is 5.44. The minimum Gasteiger partial charge on any atom is -0.313 e. The molecule has 1 aliphatic rings. The number of nitrogens with zero attached hydrogens (tertiary/aromatic N) is 2. The number of fused-ring (bicyclic) bond motifs is 1. The molecule has 0 saturated carbocycles. The lowest BCUT2D eigenvalue weighted by Crippen LogP contribution is -2.16. The Morgan fingerprint density at radius 1 is 1.30 bits per heavy atom. The van der Waals surface area contributed by atoms with Gasteiger partial charge < -0.3 is 9.88 Å². The normalized spacial score (nSPS) is 14.3. The Kier molecular flexibility index (Phi) is 3.83. The second kappa shape index (κ2) is 5.75. The number of benzene rings is 1. The first kappa shape index (κ1) is 13.3. The van der Waals surface area contributed by atoms with E-state index in [0.717, 1.165) is 30.6 Å². The van der Waals surface area contributed by atoms with Crippen LogP contribution in [0, 0.1) is 5.82 Å². The average molecular weight is 273 g/mol. The molecular formula is C16H20FN3. The molecular weight excluding hydrogens is 253 g/mol. The quantitative estimate of drug-likeness (QED) is 0.928. The van der Waals surface area contributed by atoms with Gasteiger partial charge in [-0.25, -0.2) is 9.37 Å². The molecule has 1 aliphatic carbocycles. The molecule has 0 amide bonds. The fraction of sp³-hybridized carbons (Fsp3) is 0.438. The van der Waals surface area contributed by atoms with Crippen molar-refractivity contribution in [2.75, 3.05) is 6.54 Å². The van der Waals surface area contributed by atoms with Gasteiger partial charge in [0.05, 0.1) is 17.7 Å². The SMILES string of the molecule is CCNCc1c(F)cccc1-n1cnc2c1CCCC2. The van der Waals surface area contributed by atoms with Gasteiger partial charge in [0.25, 0.3) is 0 Å². The fourth-order valence-corrected chi connectivity index (χ4v) is 2.87. The van der Waals surface area contributed by atoms with Crippen LogP contribution in [0.25, 0.3) is 5.69 Å². The minimum atomic E-state index is -0.151. The van der Waals surface area contributed by atoms with Gasteiger partial charge in [-0.2, -0.15) is 0 Å². The van der Waals surface area contributed by atoms with Crippen molar-refractivity contribution in [3.8, 4) is 5.69 Å². The van der Waals surface area contributed by atoms with E-state index in [1.807, 2.05) is 19.3 Å². The average Bonchev–Trinajstić information content (AvgIpc) is 2.89. The van der Waals surface area contributed by atoms with Crippen molar-refractivity contribution in [3.63, 3.8) is 0 Å². The topological polar surface area (TPSA) is 29.9 Å². The Morgan fingerprint density at radius 3 is 3.00 bits per heavy atom. The summed E-state index contributed by atoms with van der Waals surface area (Å²) in [6.07, 6.45) is 6.32. The molecule has 1 heterocycles.